The molecule has 3 rings (SSSR count). The van der Waals surface area contributed by atoms with Crippen molar-refractivity contribution in [2.75, 3.05) is 20.2 Å². The highest BCUT2D eigenvalue weighted by Crippen LogP contribution is 2.48. The van der Waals surface area contributed by atoms with Crippen molar-refractivity contribution >= 4 is 5.91 Å². The quantitative estimate of drug-likeness (QED) is 0.905. The molecule has 4 nitrogen and oxygen atoms in total. The number of hydrogen-bond acceptors (Lipinski definition) is 3. The highest BCUT2D eigenvalue weighted by Gasteiger charge is 2.49. The van der Waals surface area contributed by atoms with E-state index in [-0.39, 0.29) is 23.7 Å². The maximum atomic E-state index is 12.8. The molecular weight excluding hydrogens is 283 g/mol. The van der Waals surface area contributed by atoms with Crippen LogP contribution in [-0.4, -0.2) is 37.0 Å². The van der Waals surface area contributed by atoms with E-state index in [1.54, 1.807) is 24.1 Å². The van der Waals surface area contributed by atoms with Gasteiger partial charge < -0.3 is 15.4 Å². The lowest BCUT2D eigenvalue weighted by Crippen LogP contribution is -2.46. The highest BCUT2D eigenvalue weighted by molar-refractivity contribution is 5.80. The molecular formula is C17H23FN2O2. The molecule has 1 aromatic carbocycles. The van der Waals surface area contributed by atoms with Crippen LogP contribution in [0.25, 0.3) is 0 Å². The summed E-state index contributed by atoms with van der Waals surface area (Å²) in [6, 6.07) is 5.91. The van der Waals surface area contributed by atoms with Gasteiger partial charge in [-0.3, -0.25) is 4.79 Å². The van der Waals surface area contributed by atoms with E-state index in [1.807, 2.05) is 0 Å². The average Bonchev–Trinajstić information content (AvgIpc) is 3.09. The first kappa shape index (κ1) is 15.3. The molecule has 2 aliphatic carbocycles. The molecule has 0 spiro atoms. The Labute approximate surface area is 130 Å². The van der Waals surface area contributed by atoms with Gasteiger partial charge in [0.15, 0.2) is 0 Å². The van der Waals surface area contributed by atoms with Gasteiger partial charge in [-0.1, -0.05) is 0 Å². The zero-order valence-corrected chi connectivity index (χ0v) is 12.9. The zero-order chi connectivity index (χ0) is 15.7. The van der Waals surface area contributed by atoms with Crippen molar-refractivity contribution in [3.63, 3.8) is 0 Å². The molecule has 1 aromatic rings. The number of nitrogens with two attached hydrogens (primary N) is 1. The molecule has 120 valence electrons. The number of nitrogens with zero attached hydrogens (tertiary/aromatic N) is 1. The lowest BCUT2D eigenvalue weighted by molar-refractivity contribution is -0.136. The maximum absolute atomic E-state index is 12.8. The van der Waals surface area contributed by atoms with Crippen molar-refractivity contribution in [3.05, 3.63) is 30.1 Å². The Hall–Kier alpha value is -1.62. The zero-order valence-electron chi connectivity index (χ0n) is 12.9. The molecule has 0 saturated heterocycles. The van der Waals surface area contributed by atoms with E-state index in [0.717, 1.165) is 12.8 Å². The topological polar surface area (TPSA) is 55.6 Å². The van der Waals surface area contributed by atoms with Crippen LogP contribution in [0.15, 0.2) is 24.3 Å². The molecule has 4 unspecified atom stereocenters. The van der Waals surface area contributed by atoms with Gasteiger partial charge in [0.25, 0.3) is 0 Å². The van der Waals surface area contributed by atoms with Gasteiger partial charge in [-0.2, -0.15) is 0 Å². The number of hydrogen-bond donors (Lipinski definition) is 1. The SMILES string of the molecule is CN(CCOc1ccc(F)cc1)C(=O)C1C2CCC(C2)C1N. The normalized spacial score (nSPS) is 29.6. The van der Waals surface area contributed by atoms with Crippen LogP contribution in [0.4, 0.5) is 4.39 Å². The van der Waals surface area contributed by atoms with E-state index in [4.69, 9.17) is 10.5 Å². The largest absolute Gasteiger partial charge is 0.492 e. The number of fused-ring (bicyclic) bond motifs is 2. The van der Waals surface area contributed by atoms with Gasteiger partial charge in [-0.25, -0.2) is 4.39 Å². The van der Waals surface area contributed by atoms with Crippen molar-refractivity contribution in [1.82, 2.24) is 4.90 Å². The van der Waals surface area contributed by atoms with Crippen LogP contribution in [-0.2, 0) is 4.79 Å². The predicted molar refractivity (Wildman–Crippen MR) is 81.8 cm³/mol. The monoisotopic (exact) mass is 306 g/mol. The Kier molecular flexibility index (Phi) is 4.34. The van der Waals surface area contributed by atoms with E-state index in [1.165, 1.54) is 18.6 Å². The van der Waals surface area contributed by atoms with Gasteiger partial charge in [-0.05, 0) is 55.4 Å². The van der Waals surface area contributed by atoms with Crippen molar-refractivity contribution in [2.24, 2.45) is 23.5 Å². The van der Waals surface area contributed by atoms with Crippen LogP contribution < -0.4 is 10.5 Å². The number of rotatable bonds is 5. The number of ether oxygens (including phenoxy) is 1. The van der Waals surface area contributed by atoms with E-state index < -0.39 is 0 Å². The van der Waals surface area contributed by atoms with Crippen LogP contribution in [0.3, 0.4) is 0 Å². The van der Waals surface area contributed by atoms with Crippen LogP contribution in [0, 0.1) is 23.6 Å². The third-order valence-corrected chi connectivity index (χ3v) is 5.15. The number of halogens is 1. The molecule has 2 fully saturated rings. The molecule has 0 aliphatic heterocycles. The van der Waals surface area contributed by atoms with Crippen LogP contribution in [0.1, 0.15) is 19.3 Å². The van der Waals surface area contributed by atoms with Gasteiger partial charge >= 0.3 is 0 Å². The summed E-state index contributed by atoms with van der Waals surface area (Å²) in [6.07, 6.45) is 3.42. The Morgan fingerprint density at radius 1 is 1.32 bits per heavy atom. The molecule has 1 amide bonds. The first-order chi connectivity index (χ1) is 10.6. The minimum absolute atomic E-state index is 0.0189. The van der Waals surface area contributed by atoms with Crippen LogP contribution in [0.5, 0.6) is 5.75 Å². The van der Waals surface area contributed by atoms with Crippen LogP contribution in [0.2, 0.25) is 0 Å². The van der Waals surface area contributed by atoms with Gasteiger partial charge in [0.2, 0.25) is 5.91 Å². The van der Waals surface area contributed by atoms with E-state index in [9.17, 15) is 9.18 Å². The summed E-state index contributed by atoms with van der Waals surface area (Å²) in [4.78, 5) is 14.3. The first-order valence-corrected chi connectivity index (χ1v) is 7.95. The summed E-state index contributed by atoms with van der Waals surface area (Å²) in [6.45, 7) is 0.904. The Morgan fingerprint density at radius 3 is 2.64 bits per heavy atom. The van der Waals surface area contributed by atoms with E-state index >= 15 is 0 Å². The van der Waals surface area contributed by atoms with Crippen molar-refractivity contribution < 1.29 is 13.9 Å². The third-order valence-electron chi connectivity index (χ3n) is 5.15. The summed E-state index contributed by atoms with van der Waals surface area (Å²) in [5.41, 5.74) is 6.22. The summed E-state index contributed by atoms with van der Waals surface area (Å²) in [7, 11) is 1.80. The molecule has 2 bridgehead atoms. The number of amides is 1. The highest BCUT2D eigenvalue weighted by atomic mass is 19.1. The van der Waals surface area contributed by atoms with Crippen LogP contribution >= 0.6 is 0 Å². The second-order valence-electron chi connectivity index (χ2n) is 6.50. The summed E-state index contributed by atoms with van der Waals surface area (Å²) in [5.74, 6) is 1.44. The molecule has 2 aliphatic rings. The van der Waals surface area contributed by atoms with Crippen molar-refractivity contribution in [1.29, 1.82) is 0 Å². The molecule has 2 N–H and O–H groups in total. The standard InChI is InChI=1S/C17H23FN2O2/c1-20(8-9-22-14-6-4-13(18)5-7-14)17(21)15-11-2-3-12(10-11)16(15)19/h4-7,11-12,15-16H,2-3,8-10,19H2,1H3. The molecule has 5 heteroatoms. The minimum atomic E-state index is -0.287. The van der Waals surface area contributed by atoms with Crippen molar-refractivity contribution in [2.45, 2.75) is 25.3 Å². The second-order valence-corrected chi connectivity index (χ2v) is 6.50. The Bertz CT molecular complexity index is 532. The third kappa shape index (κ3) is 2.95. The van der Waals surface area contributed by atoms with Gasteiger partial charge in [0, 0.05) is 13.1 Å². The maximum Gasteiger partial charge on any atom is 0.227 e. The van der Waals surface area contributed by atoms with E-state index in [0.29, 0.717) is 30.7 Å². The molecule has 4 atom stereocenters. The number of carbonyl (C=O) groups is 1. The fourth-order valence-corrected chi connectivity index (χ4v) is 3.90. The average molecular weight is 306 g/mol. The molecule has 0 radical (unpaired) electrons. The van der Waals surface area contributed by atoms with Gasteiger partial charge in [-0.15, -0.1) is 0 Å². The number of carbonyl (C=O) groups excluding carboxylic acids is 1. The number of likely N-dealkylation sites (N-methyl/N-ethyl adjacent to an activating group) is 1. The van der Waals surface area contributed by atoms with Gasteiger partial charge in [0.1, 0.15) is 18.2 Å². The molecule has 0 aromatic heterocycles. The second kappa shape index (κ2) is 6.24. The Morgan fingerprint density at radius 2 is 2.00 bits per heavy atom. The lowest BCUT2D eigenvalue weighted by atomic mass is 9.84. The fraction of sp³-hybridized carbons (Fsp3) is 0.588. The smallest absolute Gasteiger partial charge is 0.227 e. The fourth-order valence-electron chi connectivity index (χ4n) is 3.90. The Balaban J connectivity index is 1.48. The molecule has 2 saturated carbocycles. The molecule has 0 heterocycles. The summed E-state index contributed by atoms with van der Waals surface area (Å²) in [5, 5.41) is 0. The van der Waals surface area contributed by atoms with Crippen molar-refractivity contribution in [3.8, 4) is 5.75 Å². The van der Waals surface area contributed by atoms with E-state index in [2.05, 4.69) is 0 Å². The lowest BCUT2D eigenvalue weighted by Gasteiger charge is -2.30. The molecule has 22 heavy (non-hydrogen) atoms. The predicted octanol–water partition coefficient (Wildman–Crippen LogP) is 2.04. The summed E-state index contributed by atoms with van der Waals surface area (Å²) >= 11 is 0. The van der Waals surface area contributed by atoms with Gasteiger partial charge in [0.05, 0.1) is 12.5 Å². The summed E-state index contributed by atoms with van der Waals surface area (Å²) < 4.78 is 18.3. The first-order valence-electron chi connectivity index (χ1n) is 7.95. The number of benzene rings is 1. The minimum Gasteiger partial charge on any atom is -0.492 e.